The molecule has 3 heteroatoms. The van der Waals surface area contributed by atoms with Gasteiger partial charge in [-0.05, 0) is 37.4 Å². The molecule has 1 aliphatic carbocycles. The zero-order chi connectivity index (χ0) is 10.5. The van der Waals surface area contributed by atoms with Crippen LogP contribution in [0.2, 0.25) is 0 Å². The minimum atomic E-state index is 0.682. The average Bonchev–Trinajstić information content (AvgIpc) is 3.05. The quantitative estimate of drug-likeness (QED) is 0.699. The highest BCUT2D eigenvalue weighted by Crippen LogP contribution is 2.23. The Morgan fingerprint density at radius 2 is 2.27 bits per heavy atom. The molecule has 0 atom stereocenters. The first-order chi connectivity index (χ1) is 7.38. The molecule has 15 heavy (non-hydrogen) atoms. The molecule has 0 aromatic carbocycles. The Kier molecular flexibility index (Phi) is 3.56. The van der Waals surface area contributed by atoms with E-state index in [0.717, 1.165) is 18.9 Å². The van der Waals surface area contributed by atoms with Gasteiger partial charge in [0.15, 0.2) is 0 Å². The van der Waals surface area contributed by atoms with Crippen LogP contribution in [0.4, 0.5) is 5.82 Å². The van der Waals surface area contributed by atoms with Crippen molar-refractivity contribution in [2.24, 2.45) is 0 Å². The van der Waals surface area contributed by atoms with Crippen molar-refractivity contribution in [1.29, 1.82) is 0 Å². The maximum absolute atomic E-state index is 4.39. The molecule has 1 aromatic rings. The van der Waals surface area contributed by atoms with Crippen molar-refractivity contribution < 1.29 is 0 Å². The largest absolute Gasteiger partial charge is 0.367 e. The maximum Gasteiger partial charge on any atom is 0.126 e. The Labute approximate surface area is 91.3 Å². The first kappa shape index (κ1) is 10.4. The van der Waals surface area contributed by atoms with Crippen molar-refractivity contribution in [3.63, 3.8) is 0 Å². The maximum atomic E-state index is 4.39. The van der Waals surface area contributed by atoms with E-state index in [1.807, 2.05) is 6.20 Å². The van der Waals surface area contributed by atoms with E-state index >= 15 is 0 Å². The summed E-state index contributed by atoms with van der Waals surface area (Å²) in [5.74, 6) is 1.01. The van der Waals surface area contributed by atoms with E-state index in [0.29, 0.717) is 6.04 Å². The van der Waals surface area contributed by atoms with Gasteiger partial charge in [-0.2, -0.15) is 0 Å². The van der Waals surface area contributed by atoms with Gasteiger partial charge in [-0.1, -0.05) is 13.0 Å². The molecule has 1 heterocycles. The topological polar surface area (TPSA) is 37.0 Å². The highest BCUT2D eigenvalue weighted by molar-refractivity contribution is 5.37. The minimum Gasteiger partial charge on any atom is -0.367 e. The summed E-state index contributed by atoms with van der Waals surface area (Å²) >= 11 is 0. The van der Waals surface area contributed by atoms with E-state index in [1.165, 1.54) is 24.8 Å². The summed E-state index contributed by atoms with van der Waals surface area (Å²) in [4.78, 5) is 4.39. The first-order valence-corrected chi connectivity index (χ1v) is 5.80. The number of hydrogen-bond acceptors (Lipinski definition) is 3. The van der Waals surface area contributed by atoms with E-state index < -0.39 is 0 Å². The Balaban J connectivity index is 1.80. The molecule has 0 amide bonds. The summed E-state index contributed by atoms with van der Waals surface area (Å²) in [5, 5.41) is 6.74. The van der Waals surface area contributed by atoms with Gasteiger partial charge >= 0.3 is 0 Å². The lowest BCUT2D eigenvalue weighted by Crippen LogP contribution is -2.14. The summed E-state index contributed by atoms with van der Waals surface area (Å²) in [7, 11) is 0. The smallest absolute Gasteiger partial charge is 0.126 e. The third-order valence-electron chi connectivity index (χ3n) is 2.51. The molecule has 0 aliphatic heterocycles. The van der Waals surface area contributed by atoms with Crippen LogP contribution in [0.3, 0.4) is 0 Å². The Morgan fingerprint density at radius 1 is 1.40 bits per heavy atom. The SMILES string of the molecule is CCCNCc1ccc(NC2CC2)nc1. The molecular weight excluding hydrogens is 186 g/mol. The van der Waals surface area contributed by atoms with E-state index in [4.69, 9.17) is 0 Å². The third-order valence-corrected chi connectivity index (χ3v) is 2.51. The number of nitrogens with one attached hydrogen (secondary N) is 2. The Hall–Kier alpha value is -1.09. The van der Waals surface area contributed by atoms with Crippen LogP contribution >= 0.6 is 0 Å². The molecule has 1 saturated carbocycles. The molecular formula is C12H19N3. The summed E-state index contributed by atoms with van der Waals surface area (Å²) in [5.41, 5.74) is 1.25. The van der Waals surface area contributed by atoms with Gasteiger partial charge in [-0.25, -0.2) is 4.98 Å². The Bertz CT molecular complexity index is 290. The fraction of sp³-hybridized carbons (Fsp3) is 0.583. The zero-order valence-electron chi connectivity index (χ0n) is 9.29. The minimum absolute atomic E-state index is 0.682. The molecule has 0 bridgehead atoms. The molecule has 2 N–H and O–H groups in total. The van der Waals surface area contributed by atoms with Crippen molar-refractivity contribution in [2.45, 2.75) is 38.8 Å². The van der Waals surface area contributed by atoms with Crippen LogP contribution in [0.15, 0.2) is 18.3 Å². The normalized spacial score (nSPS) is 15.3. The molecule has 0 unspecified atom stereocenters. The second kappa shape index (κ2) is 5.12. The number of rotatable bonds is 6. The van der Waals surface area contributed by atoms with Gasteiger partial charge in [0, 0.05) is 18.8 Å². The molecule has 1 fully saturated rings. The number of nitrogens with zero attached hydrogens (tertiary/aromatic N) is 1. The van der Waals surface area contributed by atoms with Crippen molar-refractivity contribution in [3.8, 4) is 0 Å². The van der Waals surface area contributed by atoms with Gasteiger partial charge in [-0.3, -0.25) is 0 Å². The number of aromatic nitrogens is 1. The number of anilines is 1. The van der Waals surface area contributed by atoms with Gasteiger partial charge < -0.3 is 10.6 Å². The van der Waals surface area contributed by atoms with E-state index in [-0.39, 0.29) is 0 Å². The molecule has 1 aliphatic rings. The van der Waals surface area contributed by atoms with Crippen LogP contribution in [-0.4, -0.2) is 17.6 Å². The predicted octanol–water partition coefficient (Wildman–Crippen LogP) is 2.16. The lowest BCUT2D eigenvalue weighted by Gasteiger charge is -2.05. The lowest BCUT2D eigenvalue weighted by molar-refractivity contribution is 0.674. The highest BCUT2D eigenvalue weighted by Gasteiger charge is 2.20. The average molecular weight is 205 g/mol. The van der Waals surface area contributed by atoms with E-state index in [2.05, 4.69) is 34.7 Å². The molecule has 1 aromatic heterocycles. The van der Waals surface area contributed by atoms with Gasteiger partial charge in [0.1, 0.15) is 5.82 Å². The summed E-state index contributed by atoms with van der Waals surface area (Å²) in [6, 6.07) is 4.89. The van der Waals surface area contributed by atoms with E-state index in [9.17, 15) is 0 Å². The fourth-order valence-electron chi connectivity index (χ4n) is 1.46. The Morgan fingerprint density at radius 3 is 2.87 bits per heavy atom. The van der Waals surface area contributed by atoms with Gasteiger partial charge in [-0.15, -0.1) is 0 Å². The van der Waals surface area contributed by atoms with Crippen LogP contribution in [-0.2, 0) is 6.54 Å². The summed E-state index contributed by atoms with van der Waals surface area (Å²) in [6.45, 7) is 4.17. The molecule has 3 nitrogen and oxygen atoms in total. The van der Waals surface area contributed by atoms with Crippen molar-refractivity contribution in [1.82, 2.24) is 10.3 Å². The number of hydrogen-bond donors (Lipinski definition) is 2. The first-order valence-electron chi connectivity index (χ1n) is 5.80. The summed E-state index contributed by atoms with van der Waals surface area (Å²) < 4.78 is 0. The summed E-state index contributed by atoms with van der Waals surface area (Å²) in [6.07, 6.45) is 5.71. The standard InChI is InChI=1S/C12H19N3/c1-2-7-13-8-10-3-6-12(14-9-10)15-11-4-5-11/h3,6,9,11,13H,2,4-5,7-8H2,1H3,(H,14,15). The van der Waals surface area contributed by atoms with Crippen LogP contribution in [0, 0.1) is 0 Å². The van der Waals surface area contributed by atoms with E-state index in [1.54, 1.807) is 0 Å². The van der Waals surface area contributed by atoms with Crippen LogP contribution in [0.25, 0.3) is 0 Å². The van der Waals surface area contributed by atoms with Crippen molar-refractivity contribution in [2.75, 3.05) is 11.9 Å². The second-order valence-electron chi connectivity index (χ2n) is 4.15. The number of pyridine rings is 1. The van der Waals surface area contributed by atoms with Gasteiger partial charge in [0.05, 0.1) is 0 Å². The second-order valence-corrected chi connectivity index (χ2v) is 4.15. The van der Waals surface area contributed by atoms with Crippen molar-refractivity contribution >= 4 is 5.82 Å². The molecule has 0 saturated heterocycles. The monoisotopic (exact) mass is 205 g/mol. The van der Waals surface area contributed by atoms with Gasteiger partial charge in [0.25, 0.3) is 0 Å². The predicted molar refractivity (Wildman–Crippen MR) is 62.9 cm³/mol. The fourth-order valence-corrected chi connectivity index (χ4v) is 1.46. The molecule has 0 radical (unpaired) electrons. The van der Waals surface area contributed by atoms with Crippen LogP contribution < -0.4 is 10.6 Å². The highest BCUT2D eigenvalue weighted by atomic mass is 15.0. The lowest BCUT2D eigenvalue weighted by atomic mass is 10.3. The van der Waals surface area contributed by atoms with Crippen LogP contribution in [0.5, 0.6) is 0 Å². The molecule has 0 spiro atoms. The molecule has 82 valence electrons. The zero-order valence-corrected chi connectivity index (χ0v) is 9.29. The third kappa shape index (κ3) is 3.51. The van der Waals surface area contributed by atoms with Crippen molar-refractivity contribution in [3.05, 3.63) is 23.9 Å². The van der Waals surface area contributed by atoms with Gasteiger partial charge in [0.2, 0.25) is 0 Å². The van der Waals surface area contributed by atoms with Crippen LogP contribution in [0.1, 0.15) is 31.7 Å². The molecule has 2 rings (SSSR count).